The van der Waals surface area contributed by atoms with Gasteiger partial charge in [0, 0.05) is 11.6 Å². The molecule has 5 heteroatoms. The highest BCUT2D eigenvalue weighted by Crippen LogP contribution is 2.31. The molecule has 1 aromatic heterocycles. The van der Waals surface area contributed by atoms with E-state index in [1.807, 2.05) is 30.3 Å². The van der Waals surface area contributed by atoms with Crippen LogP contribution in [0.25, 0.3) is 11.3 Å². The Labute approximate surface area is 129 Å². The molecule has 0 aliphatic heterocycles. The average Bonchev–Trinajstić information content (AvgIpc) is 3.13. The van der Waals surface area contributed by atoms with Crippen molar-refractivity contribution >= 4 is 24.0 Å². The molecule has 0 amide bonds. The molecule has 1 fully saturated rings. The van der Waals surface area contributed by atoms with Crippen LogP contribution in [0.3, 0.4) is 0 Å². The number of furan rings is 1. The highest BCUT2D eigenvalue weighted by atomic mass is 35.5. The highest BCUT2D eigenvalue weighted by Gasteiger charge is 2.20. The molecule has 2 aromatic rings. The van der Waals surface area contributed by atoms with Gasteiger partial charge in [-0.15, -0.1) is 12.4 Å². The number of rotatable bonds is 5. The summed E-state index contributed by atoms with van der Waals surface area (Å²) in [4.78, 5) is 0. The first kappa shape index (κ1) is 15.2. The fourth-order valence-corrected chi connectivity index (χ4v) is 2.24. The second kappa shape index (κ2) is 6.53. The summed E-state index contributed by atoms with van der Waals surface area (Å²) in [6.07, 6.45) is 2.56. The van der Waals surface area contributed by atoms with Crippen LogP contribution < -0.4 is 10.1 Å². The standard InChI is InChI=1S/C15H16ClNO2.ClH/c1-18-15-6-2-10(8-13(15)16)14-7-5-12(19-14)9-17-11-3-4-11;/h2,5-8,11,17H,3-4,9H2,1H3;1H. The minimum atomic E-state index is 0. The van der Waals surface area contributed by atoms with Crippen molar-refractivity contribution in [3.63, 3.8) is 0 Å². The van der Waals surface area contributed by atoms with E-state index in [-0.39, 0.29) is 12.4 Å². The van der Waals surface area contributed by atoms with Gasteiger partial charge in [0.15, 0.2) is 0 Å². The van der Waals surface area contributed by atoms with Gasteiger partial charge in [-0.2, -0.15) is 0 Å². The second-order valence-corrected chi connectivity index (χ2v) is 5.18. The first-order valence-electron chi connectivity index (χ1n) is 6.42. The van der Waals surface area contributed by atoms with Crippen LogP contribution in [-0.2, 0) is 6.54 Å². The number of methoxy groups -OCH3 is 1. The van der Waals surface area contributed by atoms with E-state index < -0.39 is 0 Å². The molecule has 0 bridgehead atoms. The topological polar surface area (TPSA) is 34.4 Å². The van der Waals surface area contributed by atoms with Gasteiger partial charge in [0.2, 0.25) is 0 Å². The molecule has 3 rings (SSSR count). The zero-order chi connectivity index (χ0) is 13.2. The first-order chi connectivity index (χ1) is 9.26. The van der Waals surface area contributed by atoms with Gasteiger partial charge in [-0.25, -0.2) is 0 Å². The Bertz CT molecular complexity index is 579. The Balaban J connectivity index is 0.00000147. The van der Waals surface area contributed by atoms with Gasteiger partial charge < -0.3 is 14.5 Å². The molecule has 0 saturated heterocycles. The van der Waals surface area contributed by atoms with Crippen molar-refractivity contribution < 1.29 is 9.15 Å². The van der Waals surface area contributed by atoms with Crippen LogP contribution in [0, 0.1) is 0 Å². The van der Waals surface area contributed by atoms with Crippen LogP contribution in [0.5, 0.6) is 5.75 Å². The van der Waals surface area contributed by atoms with E-state index in [1.54, 1.807) is 7.11 Å². The number of nitrogens with one attached hydrogen (secondary N) is 1. The van der Waals surface area contributed by atoms with E-state index in [1.165, 1.54) is 12.8 Å². The molecule has 3 nitrogen and oxygen atoms in total. The van der Waals surface area contributed by atoms with Crippen molar-refractivity contribution in [1.29, 1.82) is 0 Å². The molecule has 1 aromatic carbocycles. The lowest BCUT2D eigenvalue weighted by atomic mass is 10.2. The Morgan fingerprint density at radius 3 is 2.75 bits per heavy atom. The minimum absolute atomic E-state index is 0. The Hall–Kier alpha value is -1.16. The van der Waals surface area contributed by atoms with Crippen molar-refractivity contribution in [3.8, 4) is 17.1 Å². The number of ether oxygens (including phenoxy) is 1. The largest absolute Gasteiger partial charge is 0.495 e. The van der Waals surface area contributed by atoms with Gasteiger partial charge in [-0.1, -0.05) is 11.6 Å². The molecule has 0 atom stereocenters. The molecule has 1 heterocycles. The molecule has 0 radical (unpaired) electrons. The summed E-state index contributed by atoms with van der Waals surface area (Å²) in [7, 11) is 1.61. The smallest absolute Gasteiger partial charge is 0.137 e. The van der Waals surface area contributed by atoms with Crippen LogP contribution in [0.15, 0.2) is 34.7 Å². The van der Waals surface area contributed by atoms with E-state index in [2.05, 4.69) is 5.32 Å². The zero-order valence-corrected chi connectivity index (χ0v) is 12.8. The summed E-state index contributed by atoms with van der Waals surface area (Å²) in [6.45, 7) is 0.786. The van der Waals surface area contributed by atoms with Gasteiger partial charge in [0.05, 0.1) is 18.7 Å². The quantitative estimate of drug-likeness (QED) is 0.894. The summed E-state index contributed by atoms with van der Waals surface area (Å²) in [5, 5.41) is 4.02. The van der Waals surface area contributed by atoms with Crippen molar-refractivity contribution in [2.24, 2.45) is 0 Å². The van der Waals surface area contributed by atoms with E-state index in [0.29, 0.717) is 16.8 Å². The van der Waals surface area contributed by atoms with Gasteiger partial charge in [-0.3, -0.25) is 0 Å². The summed E-state index contributed by atoms with van der Waals surface area (Å²) in [5.41, 5.74) is 0.962. The van der Waals surface area contributed by atoms with Gasteiger partial charge in [-0.05, 0) is 43.2 Å². The van der Waals surface area contributed by atoms with Crippen molar-refractivity contribution in [2.75, 3.05) is 7.11 Å². The lowest BCUT2D eigenvalue weighted by Crippen LogP contribution is -2.14. The summed E-state index contributed by atoms with van der Waals surface area (Å²) in [5.74, 6) is 2.46. The van der Waals surface area contributed by atoms with E-state index >= 15 is 0 Å². The third-order valence-corrected chi connectivity index (χ3v) is 3.54. The number of benzene rings is 1. The number of hydrogen-bond donors (Lipinski definition) is 1. The average molecular weight is 314 g/mol. The molecule has 1 saturated carbocycles. The maximum atomic E-state index is 6.12. The fourth-order valence-electron chi connectivity index (χ4n) is 1.98. The first-order valence-corrected chi connectivity index (χ1v) is 6.80. The molecule has 1 N–H and O–H groups in total. The summed E-state index contributed by atoms with van der Waals surface area (Å²) >= 11 is 6.12. The van der Waals surface area contributed by atoms with Crippen LogP contribution in [0.4, 0.5) is 0 Å². The van der Waals surface area contributed by atoms with E-state index in [9.17, 15) is 0 Å². The van der Waals surface area contributed by atoms with Crippen molar-refractivity contribution in [1.82, 2.24) is 5.32 Å². The molecule has 1 aliphatic rings. The second-order valence-electron chi connectivity index (χ2n) is 4.77. The normalized spacial score (nSPS) is 13.9. The van der Waals surface area contributed by atoms with Gasteiger partial charge >= 0.3 is 0 Å². The highest BCUT2D eigenvalue weighted by molar-refractivity contribution is 6.32. The van der Waals surface area contributed by atoms with E-state index in [4.69, 9.17) is 20.8 Å². The monoisotopic (exact) mass is 313 g/mol. The van der Waals surface area contributed by atoms with Gasteiger partial charge in [0.25, 0.3) is 0 Å². The Kier molecular flexibility index (Phi) is 4.97. The number of hydrogen-bond acceptors (Lipinski definition) is 3. The molecule has 0 spiro atoms. The Morgan fingerprint density at radius 2 is 2.10 bits per heavy atom. The zero-order valence-electron chi connectivity index (χ0n) is 11.2. The third-order valence-electron chi connectivity index (χ3n) is 3.24. The summed E-state index contributed by atoms with van der Waals surface area (Å²) in [6, 6.07) is 10.3. The van der Waals surface area contributed by atoms with Crippen molar-refractivity contribution in [3.05, 3.63) is 41.1 Å². The van der Waals surface area contributed by atoms with Crippen LogP contribution in [0.1, 0.15) is 18.6 Å². The van der Waals surface area contributed by atoms with Gasteiger partial charge in [0.1, 0.15) is 17.3 Å². The molecular weight excluding hydrogens is 297 g/mol. The maximum Gasteiger partial charge on any atom is 0.137 e. The predicted octanol–water partition coefficient (Wildman–Crippen LogP) is 4.28. The van der Waals surface area contributed by atoms with Crippen molar-refractivity contribution in [2.45, 2.75) is 25.4 Å². The lowest BCUT2D eigenvalue weighted by molar-refractivity contribution is 0.415. The molecule has 1 aliphatic carbocycles. The maximum absolute atomic E-state index is 6.12. The lowest BCUT2D eigenvalue weighted by Gasteiger charge is -2.04. The number of halogens is 2. The summed E-state index contributed by atoms with van der Waals surface area (Å²) < 4.78 is 11.0. The van der Waals surface area contributed by atoms with Crippen LogP contribution >= 0.6 is 24.0 Å². The molecule has 0 unspecified atom stereocenters. The van der Waals surface area contributed by atoms with Crippen LogP contribution in [-0.4, -0.2) is 13.2 Å². The SMILES string of the molecule is COc1ccc(-c2ccc(CNC3CC3)o2)cc1Cl.Cl. The minimum Gasteiger partial charge on any atom is -0.495 e. The molecule has 108 valence electrons. The fraction of sp³-hybridized carbons (Fsp3) is 0.333. The van der Waals surface area contributed by atoms with Crippen LogP contribution in [0.2, 0.25) is 5.02 Å². The molecular formula is C15H17Cl2NO2. The predicted molar refractivity (Wildman–Crippen MR) is 82.8 cm³/mol. The Morgan fingerprint density at radius 1 is 1.30 bits per heavy atom. The third kappa shape index (κ3) is 3.48. The van der Waals surface area contributed by atoms with E-state index in [0.717, 1.165) is 23.6 Å². The molecule has 20 heavy (non-hydrogen) atoms.